The van der Waals surface area contributed by atoms with Crippen LogP contribution < -0.4 is 0 Å². The van der Waals surface area contributed by atoms with Crippen LogP contribution in [-0.2, 0) is 6.42 Å². The molecule has 2 rings (SSSR count). The summed E-state index contributed by atoms with van der Waals surface area (Å²) in [5.41, 5.74) is 0.330. The van der Waals surface area contributed by atoms with E-state index in [2.05, 4.69) is 18.4 Å². The van der Waals surface area contributed by atoms with Gasteiger partial charge in [-0.1, -0.05) is 17.9 Å². The van der Waals surface area contributed by atoms with Gasteiger partial charge in [0.05, 0.1) is 11.1 Å². The van der Waals surface area contributed by atoms with Crippen LogP contribution in [0.1, 0.15) is 35.1 Å². The minimum Gasteiger partial charge on any atom is -0.206 e. The lowest BCUT2D eigenvalue weighted by atomic mass is 10.0. The summed E-state index contributed by atoms with van der Waals surface area (Å²) < 4.78 is 41.6. The highest BCUT2D eigenvalue weighted by Crippen LogP contribution is 2.17. The van der Waals surface area contributed by atoms with Gasteiger partial charge in [0.15, 0.2) is 0 Å². The zero-order valence-electron chi connectivity index (χ0n) is 12.9. The fourth-order valence-electron chi connectivity index (χ4n) is 2.16. The number of hydrogen-bond donors (Lipinski definition) is 0. The standard InChI is InChI=1S/C20H14F3N/c1-2-3-4-5-15-11-19(22)17(20(23)12-15)9-7-14-6-8-16(13-24)18(21)10-14/h2,6,8,10-12H,1,3-5H2. The second-order valence-corrected chi connectivity index (χ2v) is 5.17. The third-order valence-electron chi connectivity index (χ3n) is 3.40. The summed E-state index contributed by atoms with van der Waals surface area (Å²) in [4.78, 5) is 0. The van der Waals surface area contributed by atoms with E-state index in [0.717, 1.165) is 18.9 Å². The first kappa shape index (κ1) is 17.4. The minimum absolute atomic E-state index is 0.109. The Morgan fingerprint density at radius 1 is 1.00 bits per heavy atom. The van der Waals surface area contributed by atoms with E-state index in [1.807, 2.05) is 0 Å². The third-order valence-corrected chi connectivity index (χ3v) is 3.40. The normalized spacial score (nSPS) is 9.75. The van der Waals surface area contributed by atoms with Crippen LogP contribution in [0.15, 0.2) is 43.0 Å². The van der Waals surface area contributed by atoms with Gasteiger partial charge in [0, 0.05) is 5.56 Å². The average Bonchev–Trinajstić information content (AvgIpc) is 2.54. The van der Waals surface area contributed by atoms with E-state index in [0.29, 0.717) is 12.0 Å². The molecule has 2 aromatic rings. The average molecular weight is 325 g/mol. The summed E-state index contributed by atoms with van der Waals surface area (Å²) in [5, 5.41) is 8.66. The number of hydrogen-bond acceptors (Lipinski definition) is 1. The monoisotopic (exact) mass is 325 g/mol. The quantitative estimate of drug-likeness (QED) is 0.446. The Morgan fingerprint density at radius 2 is 1.71 bits per heavy atom. The number of aryl methyl sites for hydroxylation is 1. The summed E-state index contributed by atoms with van der Waals surface area (Å²) in [7, 11) is 0. The summed E-state index contributed by atoms with van der Waals surface area (Å²) in [6.07, 6.45) is 3.84. The highest BCUT2D eigenvalue weighted by Gasteiger charge is 2.09. The molecule has 0 bridgehead atoms. The van der Waals surface area contributed by atoms with Crippen molar-refractivity contribution in [3.63, 3.8) is 0 Å². The van der Waals surface area contributed by atoms with Crippen LogP contribution in [0.3, 0.4) is 0 Å². The molecule has 0 radical (unpaired) electrons. The first-order chi connectivity index (χ1) is 11.5. The van der Waals surface area contributed by atoms with Crippen molar-refractivity contribution in [3.05, 3.63) is 82.7 Å². The minimum atomic E-state index is -0.745. The fraction of sp³-hybridized carbons (Fsp3) is 0.150. The molecule has 0 N–H and O–H groups in total. The third kappa shape index (κ3) is 4.27. The van der Waals surface area contributed by atoms with Gasteiger partial charge in [-0.2, -0.15) is 5.26 Å². The van der Waals surface area contributed by atoms with E-state index in [-0.39, 0.29) is 16.7 Å². The molecule has 4 heteroatoms. The Kier molecular flexibility index (Phi) is 5.82. The second kappa shape index (κ2) is 8.04. The van der Waals surface area contributed by atoms with Crippen molar-refractivity contribution >= 4 is 0 Å². The van der Waals surface area contributed by atoms with Crippen LogP contribution >= 0.6 is 0 Å². The van der Waals surface area contributed by atoms with Gasteiger partial charge in [-0.25, -0.2) is 13.2 Å². The van der Waals surface area contributed by atoms with E-state index in [1.54, 1.807) is 12.1 Å². The van der Waals surface area contributed by atoms with Crippen molar-refractivity contribution in [3.8, 4) is 17.9 Å². The summed E-state index contributed by atoms with van der Waals surface area (Å²) in [6.45, 7) is 3.60. The maximum Gasteiger partial charge on any atom is 0.142 e. The molecule has 24 heavy (non-hydrogen) atoms. The van der Waals surface area contributed by atoms with Crippen LogP contribution in [0.4, 0.5) is 13.2 Å². The first-order valence-electron chi connectivity index (χ1n) is 7.35. The lowest BCUT2D eigenvalue weighted by Crippen LogP contribution is -1.95. The first-order valence-corrected chi connectivity index (χ1v) is 7.35. The summed E-state index contributed by atoms with van der Waals surface area (Å²) in [6, 6.07) is 7.97. The maximum absolute atomic E-state index is 14.0. The van der Waals surface area contributed by atoms with Crippen molar-refractivity contribution < 1.29 is 13.2 Å². The van der Waals surface area contributed by atoms with Gasteiger partial charge in [-0.3, -0.25) is 0 Å². The Balaban J connectivity index is 2.26. The summed E-state index contributed by atoms with van der Waals surface area (Å²) >= 11 is 0. The molecule has 0 atom stereocenters. The molecule has 0 aliphatic heterocycles. The van der Waals surface area contributed by atoms with Gasteiger partial charge in [0.25, 0.3) is 0 Å². The fourth-order valence-corrected chi connectivity index (χ4v) is 2.16. The van der Waals surface area contributed by atoms with Gasteiger partial charge >= 0.3 is 0 Å². The predicted molar refractivity (Wildman–Crippen MR) is 86.6 cm³/mol. The second-order valence-electron chi connectivity index (χ2n) is 5.17. The van der Waals surface area contributed by atoms with E-state index in [4.69, 9.17) is 5.26 Å². The Hall–Kier alpha value is -2.98. The molecule has 0 aliphatic carbocycles. The number of rotatable bonds is 4. The van der Waals surface area contributed by atoms with Crippen LogP contribution in [-0.4, -0.2) is 0 Å². The van der Waals surface area contributed by atoms with Gasteiger partial charge in [-0.15, -0.1) is 6.58 Å². The molecular formula is C20H14F3N. The van der Waals surface area contributed by atoms with Crippen molar-refractivity contribution in [2.75, 3.05) is 0 Å². The van der Waals surface area contributed by atoms with E-state index in [1.165, 1.54) is 24.3 Å². The molecular weight excluding hydrogens is 311 g/mol. The Morgan fingerprint density at radius 3 is 2.29 bits per heavy atom. The molecule has 0 heterocycles. The molecule has 0 spiro atoms. The van der Waals surface area contributed by atoms with Crippen molar-refractivity contribution in [2.45, 2.75) is 19.3 Å². The number of benzene rings is 2. The lowest BCUT2D eigenvalue weighted by Gasteiger charge is -2.03. The van der Waals surface area contributed by atoms with Crippen molar-refractivity contribution in [1.82, 2.24) is 0 Å². The SMILES string of the molecule is C=CCCCc1cc(F)c(C#Cc2ccc(C#N)c(F)c2)c(F)c1. The zero-order valence-corrected chi connectivity index (χ0v) is 12.9. The van der Waals surface area contributed by atoms with Crippen LogP contribution in [0.5, 0.6) is 0 Å². The molecule has 0 fully saturated rings. The Labute approximate surface area is 139 Å². The molecule has 0 unspecified atom stereocenters. The van der Waals surface area contributed by atoms with Gasteiger partial charge in [-0.05, 0) is 55.2 Å². The molecule has 0 amide bonds. The molecule has 0 aliphatic rings. The number of nitriles is 1. The smallest absolute Gasteiger partial charge is 0.142 e. The number of allylic oxidation sites excluding steroid dienone is 1. The van der Waals surface area contributed by atoms with Gasteiger partial charge in [0.1, 0.15) is 23.5 Å². The highest BCUT2D eigenvalue weighted by atomic mass is 19.1. The Bertz CT molecular complexity index is 844. The van der Waals surface area contributed by atoms with Crippen LogP contribution in [0, 0.1) is 40.6 Å². The van der Waals surface area contributed by atoms with Crippen LogP contribution in [0.25, 0.3) is 0 Å². The van der Waals surface area contributed by atoms with E-state index < -0.39 is 17.5 Å². The van der Waals surface area contributed by atoms with Gasteiger partial charge in [0.2, 0.25) is 0 Å². The maximum atomic E-state index is 14.0. The number of nitrogens with zero attached hydrogens (tertiary/aromatic N) is 1. The van der Waals surface area contributed by atoms with Crippen molar-refractivity contribution in [2.24, 2.45) is 0 Å². The molecule has 2 aromatic carbocycles. The predicted octanol–water partition coefficient (Wildman–Crippen LogP) is 4.88. The molecule has 120 valence electrons. The highest BCUT2D eigenvalue weighted by molar-refractivity contribution is 5.47. The van der Waals surface area contributed by atoms with Crippen molar-refractivity contribution in [1.29, 1.82) is 5.26 Å². The molecule has 0 aromatic heterocycles. The van der Waals surface area contributed by atoms with E-state index >= 15 is 0 Å². The largest absolute Gasteiger partial charge is 0.206 e. The molecule has 0 saturated heterocycles. The number of unbranched alkanes of at least 4 members (excludes halogenated alkanes) is 1. The summed E-state index contributed by atoms with van der Waals surface area (Å²) in [5.74, 6) is 2.69. The van der Waals surface area contributed by atoms with E-state index in [9.17, 15) is 13.2 Å². The number of halogens is 3. The molecule has 1 nitrogen and oxygen atoms in total. The lowest BCUT2D eigenvalue weighted by molar-refractivity contribution is 0.573. The topological polar surface area (TPSA) is 23.8 Å². The van der Waals surface area contributed by atoms with Gasteiger partial charge < -0.3 is 0 Å². The molecule has 0 saturated carbocycles. The van der Waals surface area contributed by atoms with Crippen LogP contribution in [0.2, 0.25) is 0 Å². The zero-order chi connectivity index (χ0) is 17.5.